The molecule has 1 rings (SSSR count). The summed E-state index contributed by atoms with van der Waals surface area (Å²) in [6.45, 7) is 12.0. The van der Waals surface area contributed by atoms with E-state index in [0.29, 0.717) is 11.3 Å². The zero-order chi connectivity index (χ0) is 13.8. The van der Waals surface area contributed by atoms with Gasteiger partial charge >= 0.3 is 0 Å². The standard InChI is InChI=1S/C14H26N4/c1-7-11-17-12(15-6)8-13(18-11)16-9-10(2)14(3,4)5/h8,10H,7,9H2,1-6H3,(H2,15,16,17,18). The van der Waals surface area contributed by atoms with E-state index in [4.69, 9.17) is 0 Å². The number of aromatic nitrogens is 2. The molecule has 4 nitrogen and oxygen atoms in total. The summed E-state index contributed by atoms with van der Waals surface area (Å²) >= 11 is 0. The van der Waals surface area contributed by atoms with Crippen LogP contribution in [0.15, 0.2) is 6.07 Å². The minimum Gasteiger partial charge on any atom is -0.373 e. The van der Waals surface area contributed by atoms with Crippen LogP contribution in [-0.4, -0.2) is 23.6 Å². The molecule has 18 heavy (non-hydrogen) atoms. The van der Waals surface area contributed by atoms with E-state index in [-0.39, 0.29) is 0 Å². The van der Waals surface area contributed by atoms with Crippen molar-refractivity contribution < 1.29 is 0 Å². The third-order valence-corrected chi connectivity index (χ3v) is 3.41. The van der Waals surface area contributed by atoms with Crippen molar-refractivity contribution in [3.8, 4) is 0 Å². The van der Waals surface area contributed by atoms with Crippen LogP contribution < -0.4 is 10.6 Å². The normalized spacial score (nSPS) is 13.2. The molecule has 0 saturated carbocycles. The molecule has 0 bridgehead atoms. The van der Waals surface area contributed by atoms with Crippen LogP contribution in [0.3, 0.4) is 0 Å². The maximum Gasteiger partial charge on any atom is 0.132 e. The molecule has 1 atom stereocenters. The van der Waals surface area contributed by atoms with Crippen molar-refractivity contribution in [2.75, 3.05) is 24.2 Å². The van der Waals surface area contributed by atoms with Crippen LogP contribution in [0.25, 0.3) is 0 Å². The van der Waals surface area contributed by atoms with Crippen LogP contribution in [-0.2, 0) is 6.42 Å². The predicted molar refractivity (Wildman–Crippen MR) is 78.1 cm³/mol. The summed E-state index contributed by atoms with van der Waals surface area (Å²) in [6.07, 6.45) is 0.846. The first kappa shape index (κ1) is 14.7. The molecule has 1 aromatic heterocycles. The zero-order valence-electron chi connectivity index (χ0n) is 12.5. The van der Waals surface area contributed by atoms with Gasteiger partial charge in [-0.15, -0.1) is 0 Å². The highest BCUT2D eigenvalue weighted by molar-refractivity contribution is 5.47. The maximum absolute atomic E-state index is 4.49. The SMILES string of the molecule is CCc1nc(NC)cc(NCC(C)C(C)(C)C)n1. The largest absolute Gasteiger partial charge is 0.373 e. The molecule has 4 heteroatoms. The quantitative estimate of drug-likeness (QED) is 0.842. The summed E-state index contributed by atoms with van der Waals surface area (Å²) in [6, 6.07) is 1.95. The summed E-state index contributed by atoms with van der Waals surface area (Å²) in [5, 5.41) is 6.48. The molecule has 1 unspecified atom stereocenters. The van der Waals surface area contributed by atoms with E-state index in [2.05, 4.69) is 55.2 Å². The number of nitrogens with one attached hydrogen (secondary N) is 2. The molecule has 0 aliphatic carbocycles. The molecule has 0 saturated heterocycles. The Morgan fingerprint density at radius 3 is 2.33 bits per heavy atom. The van der Waals surface area contributed by atoms with Crippen molar-refractivity contribution in [2.24, 2.45) is 11.3 Å². The number of anilines is 2. The first-order valence-electron chi connectivity index (χ1n) is 6.66. The van der Waals surface area contributed by atoms with Gasteiger partial charge in [0.1, 0.15) is 17.5 Å². The molecule has 102 valence electrons. The Balaban J connectivity index is 2.72. The summed E-state index contributed by atoms with van der Waals surface area (Å²) in [7, 11) is 1.88. The van der Waals surface area contributed by atoms with Gasteiger partial charge in [-0.3, -0.25) is 0 Å². The molecular weight excluding hydrogens is 224 g/mol. The zero-order valence-corrected chi connectivity index (χ0v) is 12.5. The van der Waals surface area contributed by atoms with Gasteiger partial charge in [-0.05, 0) is 11.3 Å². The third-order valence-electron chi connectivity index (χ3n) is 3.41. The summed E-state index contributed by atoms with van der Waals surface area (Å²) in [5.74, 6) is 3.22. The average Bonchev–Trinajstić information content (AvgIpc) is 2.34. The lowest BCUT2D eigenvalue weighted by atomic mass is 9.82. The van der Waals surface area contributed by atoms with Crippen LogP contribution in [0.2, 0.25) is 0 Å². The Morgan fingerprint density at radius 1 is 1.22 bits per heavy atom. The summed E-state index contributed by atoms with van der Waals surface area (Å²) < 4.78 is 0. The smallest absolute Gasteiger partial charge is 0.132 e. The lowest BCUT2D eigenvalue weighted by molar-refractivity contribution is 0.274. The third kappa shape index (κ3) is 4.17. The van der Waals surface area contributed by atoms with Crippen LogP contribution in [0, 0.1) is 11.3 Å². The first-order valence-corrected chi connectivity index (χ1v) is 6.66. The Bertz CT molecular complexity index is 360. The van der Waals surface area contributed by atoms with E-state index in [1.807, 2.05) is 13.1 Å². The lowest BCUT2D eigenvalue weighted by Crippen LogP contribution is -2.25. The molecule has 2 N–H and O–H groups in total. The van der Waals surface area contributed by atoms with E-state index >= 15 is 0 Å². The lowest BCUT2D eigenvalue weighted by Gasteiger charge is -2.27. The maximum atomic E-state index is 4.49. The van der Waals surface area contributed by atoms with Gasteiger partial charge in [0.15, 0.2) is 0 Å². The van der Waals surface area contributed by atoms with Gasteiger partial charge in [-0.1, -0.05) is 34.6 Å². The number of rotatable bonds is 5. The van der Waals surface area contributed by atoms with Gasteiger partial charge in [0.2, 0.25) is 0 Å². The van der Waals surface area contributed by atoms with Crippen molar-refractivity contribution in [2.45, 2.75) is 41.0 Å². The molecule has 0 aliphatic rings. The molecule has 0 radical (unpaired) electrons. The Kier molecular flexibility index (Phi) is 4.93. The number of hydrogen-bond acceptors (Lipinski definition) is 4. The summed E-state index contributed by atoms with van der Waals surface area (Å²) in [4.78, 5) is 8.88. The van der Waals surface area contributed by atoms with Gasteiger partial charge in [0.05, 0.1) is 0 Å². The van der Waals surface area contributed by atoms with E-state index in [1.54, 1.807) is 0 Å². The predicted octanol–water partition coefficient (Wildman–Crippen LogP) is 3.17. The Hall–Kier alpha value is -1.32. The molecule has 0 fully saturated rings. The van der Waals surface area contributed by atoms with E-state index in [0.717, 1.165) is 30.4 Å². The second kappa shape index (κ2) is 6.03. The van der Waals surface area contributed by atoms with Crippen LogP contribution in [0.1, 0.15) is 40.4 Å². The molecule has 1 heterocycles. The van der Waals surface area contributed by atoms with Crippen LogP contribution in [0.4, 0.5) is 11.6 Å². The molecule has 0 aromatic carbocycles. The fourth-order valence-electron chi connectivity index (χ4n) is 1.44. The molecule has 0 aliphatic heterocycles. The van der Waals surface area contributed by atoms with Gasteiger partial charge in [0, 0.05) is 26.1 Å². The molecule has 0 spiro atoms. The minimum absolute atomic E-state index is 0.305. The van der Waals surface area contributed by atoms with Crippen molar-refractivity contribution in [3.05, 3.63) is 11.9 Å². The van der Waals surface area contributed by atoms with E-state index in [9.17, 15) is 0 Å². The molecule has 1 aromatic rings. The average molecular weight is 250 g/mol. The topological polar surface area (TPSA) is 49.8 Å². The van der Waals surface area contributed by atoms with Crippen molar-refractivity contribution >= 4 is 11.6 Å². The van der Waals surface area contributed by atoms with Crippen LogP contribution in [0.5, 0.6) is 0 Å². The van der Waals surface area contributed by atoms with Crippen molar-refractivity contribution in [1.29, 1.82) is 0 Å². The number of nitrogens with zero attached hydrogens (tertiary/aromatic N) is 2. The molecular formula is C14H26N4. The number of hydrogen-bond donors (Lipinski definition) is 2. The highest BCUT2D eigenvalue weighted by atomic mass is 15.1. The minimum atomic E-state index is 0.305. The molecule has 0 amide bonds. The van der Waals surface area contributed by atoms with E-state index in [1.165, 1.54) is 0 Å². The monoisotopic (exact) mass is 250 g/mol. The second-order valence-corrected chi connectivity index (χ2v) is 5.81. The number of aryl methyl sites for hydroxylation is 1. The van der Waals surface area contributed by atoms with Crippen LogP contribution >= 0.6 is 0 Å². The second-order valence-electron chi connectivity index (χ2n) is 5.81. The van der Waals surface area contributed by atoms with Crippen molar-refractivity contribution in [3.63, 3.8) is 0 Å². The van der Waals surface area contributed by atoms with Gasteiger partial charge in [0.25, 0.3) is 0 Å². The Labute approximate surface area is 111 Å². The first-order chi connectivity index (χ1) is 8.36. The summed E-state index contributed by atoms with van der Waals surface area (Å²) in [5.41, 5.74) is 0.305. The van der Waals surface area contributed by atoms with Crippen molar-refractivity contribution in [1.82, 2.24) is 9.97 Å². The van der Waals surface area contributed by atoms with E-state index < -0.39 is 0 Å². The van der Waals surface area contributed by atoms with Gasteiger partial charge in [-0.25, -0.2) is 9.97 Å². The highest BCUT2D eigenvalue weighted by Crippen LogP contribution is 2.25. The van der Waals surface area contributed by atoms with Gasteiger partial charge in [-0.2, -0.15) is 0 Å². The fraction of sp³-hybridized carbons (Fsp3) is 0.714. The fourth-order valence-corrected chi connectivity index (χ4v) is 1.44. The Morgan fingerprint density at radius 2 is 1.83 bits per heavy atom. The highest BCUT2D eigenvalue weighted by Gasteiger charge is 2.19. The van der Waals surface area contributed by atoms with Gasteiger partial charge < -0.3 is 10.6 Å².